The number of rotatable bonds is 78. The number of allylic oxidation sites excluding steroid dienone is 32. The Kier molecular flexibility index (Phi) is 78.4. The number of phosphoric acid groups is 2. The summed E-state index contributed by atoms with van der Waals surface area (Å²) in [5, 5.41) is 10.7. The van der Waals surface area contributed by atoms with Crippen molar-refractivity contribution in [3.8, 4) is 0 Å². The van der Waals surface area contributed by atoms with Crippen molar-refractivity contribution in [2.75, 3.05) is 39.6 Å². The molecule has 5 atom stereocenters. The summed E-state index contributed by atoms with van der Waals surface area (Å²) in [5.74, 6) is -2.31. The van der Waals surface area contributed by atoms with Gasteiger partial charge in [-0.3, -0.25) is 37.3 Å². The van der Waals surface area contributed by atoms with Gasteiger partial charge < -0.3 is 33.8 Å². The molecule has 0 aromatic rings. The summed E-state index contributed by atoms with van der Waals surface area (Å²) < 4.78 is 68.7. The molecule has 17 nitrogen and oxygen atoms in total. The zero-order valence-electron chi connectivity index (χ0n) is 69.5. The number of hydrogen-bond acceptors (Lipinski definition) is 15. The predicted octanol–water partition coefficient (Wildman–Crippen LogP) is 25.7. The molecule has 3 N–H and O–H groups in total. The lowest BCUT2D eigenvalue weighted by molar-refractivity contribution is -0.161. The van der Waals surface area contributed by atoms with Gasteiger partial charge >= 0.3 is 39.5 Å². The van der Waals surface area contributed by atoms with Crippen molar-refractivity contribution >= 4 is 39.5 Å². The van der Waals surface area contributed by atoms with Crippen LogP contribution in [0.2, 0.25) is 0 Å². The van der Waals surface area contributed by atoms with Gasteiger partial charge in [-0.2, -0.15) is 0 Å². The Morgan fingerprint density at radius 1 is 0.259 bits per heavy atom. The summed E-state index contributed by atoms with van der Waals surface area (Å²) in [5.41, 5.74) is 0. The number of carbonyl (C=O) groups is 4. The molecule has 0 aliphatic heterocycles. The normalized spacial score (nSPS) is 14.7. The predicted molar refractivity (Wildman–Crippen MR) is 463 cm³/mol. The van der Waals surface area contributed by atoms with Crippen LogP contribution in [0.4, 0.5) is 0 Å². The van der Waals surface area contributed by atoms with Crippen molar-refractivity contribution in [1.29, 1.82) is 0 Å². The first kappa shape index (κ1) is 106. The SMILES string of the molecule is CC/C=C\C/C=C\C/C=C\C/C=C\C/C=C\CCCCCC(=O)OC[C@H](COP(=O)(O)OC[C@@H](O)COP(=O)(O)OC[C@@H](COC(=O)CCCCC/C=C\C/C=C\C/C=C\C/C=C\C/C=C\CC)OC(=O)CCCCCCC/C=C\CCCCCCCC)OC(=O)CCCCC/C=C\C/C=C\C/C=C\C/C=C\C/C=C\CC. The van der Waals surface area contributed by atoms with E-state index in [1.54, 1.807) is 0 Å². The topological polar surface area (TPSA) is 237 Å². The van der Waals surface area contributed by atoms with Crippen molar-refractivity contribution < 1.29 is 80.2 Å². The van der Waals surface area contributed by atoms with Crippen LogP contribution in [0.15, 0.2) is 194 Å². The van der Waals surface area contributed by atoms with Crippen molar-refractivity contribution in [3.05, 3.63) is 194 Å². The van der Waals surface area contributed by atoms with Crippen LogP contribution in [-0.4, -0.2) is 96.7 Å². The molecule has 0 saturated heterocycles. The Hall–Kier alpha value is -6.10. The van der Waals surface area contributed by atoms with Gasteiger partial charge in [-0.05, 0) is 186 Å². The number of unbranched alkanes of at least 4 members (excludes halogenated alkanes) is 20. The second-order valence-corrected chi connectivity index (χ2v) is 30.5. The summed E-state index contributed by atoms with van der Waals surface area (Å²) in [6.45, 7) is 4.41. The van der Waals surface area contributed by atoms with Gasteiger partial charge in [0.25, 0.3) is 0 Å². The maximum Gasteiger partial charge on any atom is 0.472 e. The molecule has 2 unspecified atom stereocenters. The molecule has 0 rings (SSSR count). The number of carbonyl (C=O) groups excluding carboxylic acids is 4. The number of phosphoric ester groups is 2. The summed E-state index contributed by atoms with van der Waals surface area (Å²) >= 11 is 0. The van der Waals surface area contributed by atoms with E-state index in [9.17, 15) is 43.2 Å². The largest absolute Gasteiger partial charge is 0.472 e. The maximum absolute atomic E-state index is 13.1. The Bertz CT molecular complexity index is 2890. The minimum atomic E-state index is -5.01. The highest BCUT2D eigenvalue weighted by molar-refractivity contribution is 7.47. The second kappa shape index (κ2) is 82.9. The monoisotopic (exact) mass is 1600 g/mol. The highest BCUT2D eigenvalue weighted by Crippen LogP contribution is 2.45. The van der Waals surface area contributed by atoms with Crippen LogP contribution in [0.1, 0.15) is 310 Å². The molecule has 112 heavy (non-hydrogen) atoms. The quantitative estimate of drug-likeness (QED) is 0.0169. The lowest BCUT2D eigenvalue weighted by Gasteiger charge is -2.21. The molecule has 0 radical (unpaired) electrons. The molecule has 0 amide bonds. The molecule has 19 heteroatoms. The van der Waals surface area contributed by atoms with Gasteiger partial charge in [0.05, 0.1) is 26.4 Å². The third-order valence-corrected chi connectivity index (χ3v) is 18.9. The highest BCUT2D eigenvalue weighted by Gasteiger charge is 2.30. The average Bonchev–Trinajstić information content (AvgIpc) is 0.898. The molecule has 0 bridgehead atoms. The van der Waals surface area contributed by atoms with Crippen LogP contribution < -0.4 is 0 Å². The first-order valence-electron chi connectivity index (χ1n) is 42.7. The van der Waals surface area contributed by atoms with E-state index < -0.39 is 97.5 Å². The van der Waals surface area contributed by atoms with E-state index in [4.69, 9.17) is 37.0 Å². The van der Waals surface area contributed by atoms with Crippen LogP contribution in [0.5, 0.6) is 0 Å². The van der Waals surface area contributed by atoms with E-state index in [1.165, 1.54) is 38.5 Å². The maximum atomic E-state index is 13.1. The van der Waals surface area contributed by atoms with E-state index in [0.717, 1.165) is 193 Å². The van der Waals surface area contributed by atoms with Crippen LogP contribution in [0.25, 0.3) is 0 Å². The fraction of sp³-hybridized carbons (Fsp3) is 0.613. The first-order valence-corrected chi connectivity index (χ1v) is 45.7. The third kappa shape index (κ3) is 81.9. The van der Waals surface area contributed by atoms with Gasteiger partial charge in [-0.1, -0.05) is 293 Å². The number of hydrogen-bond donors (Lipinski definition) is 3. The van der Waals surface area contributed by atoms with Crippen molar-refractivity contribution in [1.82, 2.24) is 0 Å². The highest BCUT2D eigenvalue weighted by atomic mass is 31.2. The van der Waals surface area contributed by atoms with Gasteiger partial charge in [0.1, 0.15) is 19.3 Å². The van der Waals surface area contributed by atoms with Gasteiger partial charge in [0.15, 0.2) is 12.2 Å². The molecule has 0 saturated carbocycles. The van der Waals surface area contributed by atoms with E-state index in [1.807, 2.05) is 0 Å². The van der Waals surface area contributed by atoms with E-state index >= 15 is 0 Å². The van der Waals surface area contributed by atoms with Crippen molar-refractivity contribution in [2.45, 2.75) is 329 Å². The van der Waals surface area contributed by atoms with Crippen LogP contribution in [-0.2, 0) is 65.4 Å². The molecular weight excluding hydrogens is 1450 g/mol. The standard InChI is InChI=1S/C93H150O17P2/c1-5-9-13-17-21-25-29-33-37-40-43-46-50-53-57-61-65-69-73-77-90(95)103-83-88(109-92(97)79-75-71-67-63-59-55-49-36-32-28-24-20-16-12-8-4)85-107-111(99,100)105-81-87(94)82-106-112(101,102)108-86-89(110-93(98)80-76-72-68-64-60-56-52-48-45-42-39-35-31-27-23-19-15-11-7-3)84-104-91(96)78-74-70-66-62-58-54-51-47-44-41-38-34-30-26-22-18-14-10-6-2/h9-11,13-15,21-23,25-27,33-39,43-49,53-54,56-58,60,87-89,94H,5-8,12,16-20,24,28-32,40-42,50-52,55,59,61-86H2,1-4H3,(H,99,100)(H,101,102)/b13-9-,14-10-,15-11-,25-21-,26-22-,27-23-,37-33-,38-34-,39-35-,46-43-,47-44-,48-45-,49-36-,57-53-,58-54-,60-56-/t87-,88+,89+/m0/s1. The lowest BCUT2D eigenvalue weighted by atomic mass is 10.1. The molecular formula is C93H150O17P2. The summed E-state index contributed by atoms with van der Waals surface area (Å²) in [6.07, 6.45) is 102. The molecule has 0 aliphatic carbocycles. The van der Waals surface area contributed by atoms with Crippen molar-refractivity contribution in [2.24, 2.45) is 0 Å². The Labute approximate surface area is 678 Å². The number of esters is 4. The molecule has 0 fully saturated rings. The number of aliphatic hydroxyl groups excluding tert-OH is 1. The molecule has 0 spiro atoms. The third-order valence-electron chi connectivity index (χ3n) is 17.0. The van der Waals surface area contributed by atoms with Crippen molar-refractivity contribution in [3.63, 3.8) is 0 Å². The number of aliphatic hydroxyl groups is 1. The molecule has 0 aliphatic rings. The summed E-state index contributed by atoms with van der Waals surface area (Å²) in [4.78, 5) is 73.3. The van der Waals surface area contributed by atoms with Crippen LogP contribution in [0, 0.1) is 0 Å². The lowest BCUT2D eigenvalue weighted by Crippen LogP contribution is -2.30. The fourth-order valence-electron chi connectivity index (χ4n) is 10.6. The first-order chi connectivity index (χ1) is 54.7. The zero-order chi connectivity index (χ0) is 81.7. The summed E-state index contributed by atoms with van der Waals surface area (Å²) in [6, 6.07) is 0. The van der Waals surface area contributed by atoms with Gasteiger partial charge in [0, 0.05) is 25.7 Å². The number of ether oxygens (including phenoxy) is 4. The molecule has 0 heterocycles. The van der Waals surface area contributed by atoms with E-state index in [2.05, 4.69) is 222 Å². The molecule has 0 aromatic heterocycles. The molecule has 634 valence electrons. The zero-order valence-corrected chi connectivity index (χ0v) is 71.3. The van der Waals surface area contributed by atoms with Gasteiger partial charge in [0.2, 0.25) is 0 Å². The van der Waals surface area contributed by atoms with Gasteiger partial charge in [-0.15, -0.1) is 0 Å². The van der Waals surface area contributed by atoms with Crippen LogP contribution >= 0.6 is 15.6 Å². The minimum Gasteiger partial charge on any atom is -0.462 e. The Morgan fingerprint density at radius 2 is 0.464 bits per heavy atom. The second-order valence-electron chi connectivity index (χ2n) is 27.6. The van der Waals surface area contributed by atoms with Crippen LogP contribution in [0.3, 0.4) is 0 Å². The van der Waals surface area contributed by atoms with Gasteiger partial charge in [-0.25, -0.2) is 9.13 Å². The molecule has 0 aromatic carbocycles. The minimum absolute atomic E-state index is 0.0393. The summed E-state index contributed by atoms with van der Waals surface area (Å²) in [7, 11) is -10.0. The average molecular weight is 1600 g/mol. The smallest absolute Gasteiger partial charge is 0.462 e. The van der Waals surface area contributed by atoms with E-state index in [0.29, 0.717) is 25.7 Å². The Morgan fingerprint density at radius 3 is 0.732 bits per heavy atom. The Balaban J connectivity index is 5.51. The fourth-order valence-corrected chi connectivity index (χ4v) is 12.2. The van der Waals surface area contributed by atoms with E-state index in [-0.39, 0.29) is 25.7 Å².